The number of nitrogens with one attached hydrogen (secondary N) is 1. The zero-order valence-corrected chi connectivity index (χ0v) is 18.3. The number of nitrogens with zero attached hydrogens (tertiary/aromatic N) is 4. The van der Waals surface area contributed by atoms with Crippen LogP contribution in [0.25, 0.3) is 16.7 Å². The van der Waals surface area contributed by atoms with E-state index < -0.39 is 0 Å². The molecule has 1 aromatic carbocycles. The van der Waals surface area contributed by atoms with E-state index in [9.17, 15) is 9.59 Å². The van der Waals surface area contributed by atoms with Crippen LogP contribution in [0.1, 0.15) is 58.3 Å². The highest BCUT2D eigenvalue weighted by Gasteiger charge is 2.19. The van der Waals surface area contributed by atoms with E-state index in [0.717, 1.165) is 31.2 Å². The molecule has 0 bridgehead atoms. The van der Waals surface area contributed by atoms with Gasteiger partial charge in [-0.3, -0.25) is 18.6 Å². The predicted octanol–water partition coefficient (Wildman–Crippen LogP) is 3.78. The molecule has 7 nitrogen and oxygen atoms in total. The number of carbonyl (C=O) groups is 1. The van der Waals surface area contributed by atoms with E-state index in [0.29, 0.717) is 28.6 Å². The lowest BCUT2D eigenvalue weighted by Crippen LogP contribution is -2.35. The summed E-state index contributed by atoms with van der Waals surface area (Å²) in [6.45, 7) is 2.70. The van der Waals surface area contributed by atoms with E-state index in [1.54, 1.807) is 4.57 Å². The number of carbonyl (C=O) groups excluding carboxylic acids is 1. The second kappa shape index (κ2) is 9.64. The normalized spacial score (nSPS) is 15.5. The van der Waals surface area contributed by atoms with Gasteiger partial charge in [0.1, 0.15) is 0 Å². The first-order valence-electron chi connectivity index (χ1n) is 11.0. The molecule has 1 saturated carbocycles. The maximum Gasteiger partial charge on any atom is 0.262 e. The van der Waals surface area contributed by atoms with Gasteiger partial charge in [-0.25, -0.2) is 0 Å². The Morgan fingerprint density at radius 1 is 1.17 bits per heavy atom. The summed E-state index contributed by atoms with van der Waals surface area (Å²) in [7, 11) is 0. The van der Waals surface area contributed by atoms with Crippen LogP contribution in [0.4, 0.5) is 0 Å². The van der Waals surface area contributed by atoms with Gasteiger partial charge < -0.3 is 5.32 Å². The highest BCUT2D eigenvalue weighted by atomic mass is 32.2. The Hall–Kier alpha value is -2.35. The van der Waals surface area contributed by atoms with E-state index in [2.05, 4.69) is 22.4 Å². The standard InChI is InChI=1S/C22H29N5O2S/c1-2-3-14-26-20(29)17-12-8-9-13-18(17)27-21(26)24-25-22(27)30-15-19(28)23-16-10-6-4-5-7-11-16/h8-9,12-13,16H,2-7,10-11,14-15H2,1H3,(H,23,28). The lowest BCUT2D eigenvalue weighted by Gasteiger charge is -2.15. The van der Waals surface area contributed by atoms with Gasteiger partial charge in [0, 0.05) is 12.6 Å². The van der Waals surface area contributed by atoms with Crippen molar-refractivity contribution in [3.63, 3.8) is 0 Å². The van der Waals surface area contributed by atoms with Gasteiger partial charge in [-0.1, -0.05) is 62.9 Å². The first-order chi connectivity index (χ1) is 14.7. The molecule has 2 heterocycles. The smallest absolute Gasteiger partial charge is 0.262 e. The first-order valence-corrected chi connectivity index (χ1v) is 12.0. The quantitative estimate of drug-likeness (QED) is 0.458. The zero-order valence-electron chi connectivity index (χ0n) is 17.5. The third-order valence-corrected chi connectivity index (χ3v) is 6.70. The van der Waals surface area contributed by atoms with Crippen LogP contribution in [-0.2, 0) is 11.3 Å². The summed E-state index contributed by atoms with van der Waals surface area (Å²) in [5, 5.41) is 13.1. The second-order valence-corrected chi connectivity index (χ2v) is 8.93. The Bertz CT molecular complexity index is 1080. The summed E-state index contributed by atoms with van der Waals surface area (Å²) in [5.41, 5.74) is 0.739. The molecule has 1 aliphatic carbocycles. The number of rotatable bonds is 7. The van der Waals surface area contributed by atoms with Gasteiger partial charge in [0.05, 0.1) is 16.7 Å². The molecular formula is C22H29N5O2S. The van der Waals surface area contributed by atoms with Crippen LogP contribution >= 0.6 is 11.8 Å². The summed E-state index contributed by atoms with van der Waals surface area (Å²) in [6.07, 6.45) is 8.93. The van der Waals surface area contributed by atoms with Crippen molar-refractivity contribution in [3.05, 3.63) is 34.6 Å². The van der Waals surface area contributed by atoms with Crippen LogP contribution < -0.4 is 10.9 Å². The Kier molecular flexibility index (Phi) is 6.72. The third-order valence-electron chi connectivity index (χ3n) is 5.77. The van der Waals surface area contributed by atoms with Crippen LogP contribution in [0.2, 0.25) is 0 Å². The van der Waals surface area contributed by atoms with Crippen LogP contribution in [0.5, 0.6) is 0 Å². The number of amides is 1. The number of hydrogen-bond donors (Lipinski definition) is 1. The van der Waals surface area contributed by atoms with Crippen molar-refractivity contribution >= 4 is 34.3 Å². The van der Waals surface area contributed by atoms with Gasteiger partial charge in [-0.15, -0.1) is 10.2 Å². The van der Waals surface area contributed by atoms with Crippen molar-refractivity contribution in [1.29, 1.82) is 0 Å². The number of hydrogen-bond acceptors (Lipinski definition) is 5. The minimum absolute atomic E-state index is 0.0345. The second-order valence-electron chi connectivity index (χ2n) is 7.99. The maximum atomic E-state index is 13.0. The molecule has 2 aromatic heterocycles. The number of unbranched alkanes of at least 4 members (excludes halogenated alkanes) is 1. The maximum absolute atomic E-state index is 13.0. The Morgan fingerprint density at radius 3 is 2.70 bits per heavy atom. The van der Waals surface area contributed by atoms with Crippen molar-refractivity contribution in [2.45, 2.75) is 76.0 Å². The van der Waals surface area contributed by atoms with Gasteiger partial charge in [-0.05, 0) is 31.4 Å². The van der Waals surface area contributed by atoms with Gasteiger partial charge in [-0.2, -0.15) is 0 Å². The topological polar surface area (TPSA) is 81.3 Å². The number of aryl methyl sites for hydroxylation is 1. The molecule has 1 N–H and O–H groups in total. The molecule has 1 aliphatic rings. The van der Waals surface area contributed by atoms with Crippen molar-refractivity contribution in [3.8, 4) is 0 Å². The SMILES string of the molecule is CCCCn1c(=O)c2ccccc2n2c(SCC(=O)NC3CCCCCC3)nnc12. The average molecular weight is 428 g/mol. The number of benzene rings is 1. The molecule has 0 spiro atoms. The largest absolute Gasteiger partial charge is 0.353 e. The molecule has 1 fully saturated rings. The highest BCUT2D eigenvalue weighted by Crippen LogP contribution is 2.22. The molecule has 0 atom stereocenters. The summed E-state index contributed by atoms with van der Waals surface area (Å²) in [5.74, 6) is 0.866. The molecule has 4 rings (SSSR count). The molecule has 160 valence electrons. The van der Waals surface area contributed by atoms with Crippen molar-refractivity contribution in [2.75, 3.05) is 5.75 Å². The van der Waals surface area contributed by atoms with Crippen LogP contribution in [-0.4, -0.2) is 36.9 Å². The number of fused-ring (bicyclic) bond motifs is 3. The molecule has 0 radical (unpaired) electrons. The van der Waals surface area contributed by atoms with E-state index in [-0.39, 0.29) is 17.5 Å². The lowest BCUT2D eigenvalue weighted by atomic mass is 10.1. The average Bonchev–Trinajstić information content (AvgIpc) is 3.01. The molecule has 30 heavy (non-hydrogen) atoms. The number of thioether (sulfide) groups is 1. The monoisotopic (exact) mass is 427 g/mol. The van der Waals surface area contributed by atoms with Crippen molar-refractivity contribution < 1.29 is 4.79 Å². The first kappa shape index (κ1) is 20.9. The minimum atomic E-state index is -0.0402. The fourth-order valence-corrected chi connectivity index (χ4v) is 4.92. The molecule has 0 saturated heterocycles. The fraction of sp³-hybridized carbons (Fsp3) is 0.545. The molecule has 1 amide bonds. The molecule has 0 aliphatic heterocycles. The van der Waals surface area contributed by atoms with Crippen LogP contribution in [0.15, 0.2) is 34.2 Å². The summed E-state index contributed by atoms with van der Waals surface area (Å²) in [4.78, 5) is 25.5. The van der Waals surface area contributed by atoms with E-state index >= 15 is 0 Å². The fourth-order valence-electron chi connectivity index (χ4n) is 4.17. The number of aromatic nitrogens is 4. The third kappa shape index (κ3) is 4.38. The van der Waals surface area contributed by atoms with Crippen molar-refractivity contribution in [1.82, 2.24) is 24.5 Å². The predicted molar refractivity (Wildman–Crippen MR) is 120 cm³/mol. The van der Waals surface area contributed by atoms with Gasteiger partial charge in [0.15, 0.2) is 5.16 Å². The van der Waals surface area contributed by atoms with Gasteiger partial charge in [0.25, 0.3) is 5.56 Å². The lowest BCUT2D eigenvalue weighted by molar-refractivity contribution is -0.119. The van der Waals surface area contributed by atoms with E-state index in [1.807, 2.05) is 28.7 Å². The highest BCUT2D eigenvalue weighted by molar-refractivity contribution is 7.99. The Labute approximate surface area is 180 Å². The summed E-state index contributed by atoms with van der Waals surface area (Å²) >= 11 is 1.37. The molecule has 8 heteroatoms. The van der Waals surface area contributed by atoms with E-state index in [1.165, 1.54) is 37.4 Å². The molecule has 3 aromatic rings. The van der Waals surface area contributed by atoms with Gasteiger partial charge in [0.2, 0.25) is 11.7 Å². The van der Waals surface area contributed by atoms with Crippen molar-refractivity contribution in [2.24, 2.45) is 0 Å². The zero-order chi connectivity index (χ0) is 20.9. The van der Waals surface area contributed by atoms with Crippen LogP contribution in [0.3, 0.4) is 0 Å². The number of para-hydroxylation sites is 1. The Balaban J connectivity index is 1.59. The molecular weight excluding hydrogens is 398 g/mol. The molecule has 0 unspecified atom stereocenters. The van der Waals surface area contributed by atoms with Crippen LogP contribution in [0, 0.1) is 0 Å². The van der Waals surface area contributed by atoms with E-state index in [4.69, 9.17) is 0 Å². The minimum Gasteiger partial charge on any atom is -0.353 e. The summed E-state index contributed by atoms with van der Waals surface area (Å²) in [6, 6.07) is 7.82. The van der Waals surface area contributed by atoms with Gasteiger partial charge >= 0.3 is 0 Å². The summed E-state index contributed by atoms with van der Waals surface area (Å²) < 4.78 is 3.62. The Morgan fingerprint density at radius 2 is 1.93 bits per heavy atom.